The van der Waals surface area contributed by atoms with E-state index in [1.54, 1.807) is 26.2 Å². The third kappa shape index (κ3) is 4.73. The van der Waals surface area contributed by atoms with E-state index in [-0.39, 0.29) is 12.5 Å². The second kappa shape index (κ2) is 8.67. The number of carbonyl (C=O) groups is 2. The van der Waals surface area contributed by atoms with Crippen LogP contribution in [0.5, 0.6) is 5.75 Å². The van der Waals surface area contributed by atoms with Crippen molar-refractivity contribution < 1.29 is 19.1 Å². The molecule has 1 heterocycles. The van der Waals surface area contributed by atoms with Gasteiger partial charge in [-0.25, -0.2) is 4.79 Å². The number of rotatable bonds is 6. The van der Waals surface area contributed by atoms with E-state index in [2.05, 4.69) is 5.32 Å². The average molecular weight is 373 g/mol. The van der Waals surface area contributed by atoms with Crippen molar-refractivity contribution >= 4 is 34.3 Å². The maximum absolute atomic E-state index is 12.3. The van der Waals surface area contributed by atoms with Crippen LogP contribution < -0.4 is 10.1 Å². The van der Waals surface area contributed by atoms with Crippen LogP contribution in [0.15, 0.2) is 24.3 Å². The van der Waals surface area contributed by atoms with E-state index in [0.29, 0.717) is 10.6 Å². The Morgan fingerprint density at radius 2 is 1.81 bits per heavy atom. The van der Waals surface area contributed by atoms with Crippen LogP contribution in [-0.4, -0.2) is 25.6 Å². The normalized spacial score (nSPS) is 10.8. The van der Waals surface area contributed by atoms with Gasteiger partial charge < -0.3 is 14.8 Å². The molecule has 0 aliphatic heterocycles. The first-order valence-corrected chi connectivity index (χ1v) is 9.09. The van der Waals surface area contributed by atoms with Crippen molar-refractivity contribution in [1.82, 2.24) is 0 Å². The highest BCUT2D eigenvalue weighted by Crippen LogP contribution is 2.28. The molecule has 1 aromatic heterocycles. The minimum atomic E-state index is -0.432. The van der Waals surface area contributed by atoms with Gasteiger partial charge in [0.25, 0.3) is 0 Å². The average Bonchev–Trinajstić information content (AvgIpc) is 2.94. The first-order valence-electron chi connectivity index (χ1n) is 8.27. The fourth-order valence-electron chi connectivity index (χ4n) is 2.60. The number of nitrogens with one attached hydrogen (secondary N) is 1. The zero-order chi connectivity index (χ0) is 19.3. The van der Waals surface area contributed by atoms with Crippen LogP contribution in [0.3, 0.4) is 0 Å². The van der Waals surface area contributed by atoms with Crippen LogP contribution in [0.1, 0.15) is 38.8 Å². The van der Waals surface area contributed by atoms with Crippen molar-refractivity contribution in [2.24, 2.45) is 0 Å². The first-order chi connectivity index (χ1) is 12.3. The molecule has 2 aromatic rings. The Labute approximate surface area is 157 Å². The first kappa shape index (κ1) is 19.7. The molecule has 6 heteroatoms. The smallest absolute Gasteiger partial charge is 0.341 e. The second-order valence-electron chi connectivity index (χ2n) is 5.82. The Hall–Kier alpha value is -2.60. The van der Waals surface area contributed by atoms with E-state index in [0.717, 1.165) is 27.3 Å². The summed E-state index contributed by atoms with van der Waals surface area (Å²) in [4.78, 5) is 25.2. The molecule has 0 saturated carbocycles. The van der Waals surface area contributed by atoms with Gasteiger partial charge in [0.1, 0.15) is 10.8 Å². The second-order valence-corrected chi connectivity index (χ2v) is 7.07. The van der Waals surface area contributed by atoms with Gasteiger partial charge in [-0.05, 0) is 68.7 Å². The predicted molar refractivity (Wildman–Crippen MR) is 105 cm³/mol. The van der Waals surface area contributed by atoms with Crippen molar-refractivity contribution in [2.45, 2.75) is 27.7 Å². The number of esters is 1. The summed E-state index contributed by atoms with van der Waals surface area (Å²) in [6.45, 7) is 7.85. The van der Waals surface area contributed by atoms with Gasteiger partial charge in [-0.1, -0.05) is 0 Å². The number of hydrogen-bond acceptors (Lipinski definition) is 5. The number of anilines is 1. The number of methoxy groups -OCH3 is 1. The zero-order valence-corrected chi connectivity index (χ0v) is 16.5. The number of amides is 1. The number of carbonyl (C=O) groups excluding carboxylic acids is 2. The summed E-state index contributed by atoms with van der Waals surface area (Å²) in [5, 5.41) is 3.27. The predicted octanol–water partition coefficient (Wildman–Crippen LogP) is 4.51. The van der Waals surface area contributed by atoms with Gasteiger partial charge in [0.2, 0.25) is 5.91 Å². The number of hydrogen-bond donors (Lipinski definition) is 1. The lowest BCUT2D eigenvalue weighted by atomic mass is 10.0. The lowest BCUT2D eigenvalue weighted by Gasteiger charge is -2.09. The molecule has 26 heavy (non-hydrogen) atoms. The molecule has 0 aliphatic rings. The molecular weight excluding hydrogens is 350 g/mol. The topological polar surface area (TPSA) is 64.6 Å². The molecule has 0 unspecified atom stereocenters. The number of thiophene rings is 1. The minimum Gasteiger partial charge on any atom is -0.497 e. The summed E-state index contributed by atoms with van der Waals surface area (Å²) < 4.78 is 10.3. The third-order valence-electron chi connectivity index (χ3n) is 3.79. The molecule has 0 radical (unpaired) electrons. The lowest BCUT2D eigenvalue weighted by Crippen LogP contribution is -2.11. The van der Waals surface area contributed by atoms with Gasteiger partial charge in [-0.2, -0.15) is 0 Å². The highest BCUT2D eigenvalue weighted by atomic mass is 32.1. The molecule has 0 saturated heterocycles. The highest BCUT2D eigenvalue weighted by Gasteiger charge is 2.17. The fourth-order valence-corrected chi connectivity index (χ4v) is 3.50. The molecule has 5 nitrogen and oxygen atoms in total. The fraction of sp³-hybridized carbons (Fsp3) is 0.300. The van der Waals surface area contributed by atoms with E-state index in [4.69, 9.17) is 9.47 Å². The van der Waals surface area contributed by atoms with Crippen molar-refractivity contribution in [2.75, 3.05) is 19.0 Å². The summed E-state index contributed by atoms with van der Waals surface area (Å²) in [6.07, 6.45) is 3.23. The molecule has 2 rings (SSSR count). The summed E-state index contributed by atoms with van der Waals surface area (Å²) in [6, 6.07) is 5.57. The van der Waals surface area contributed by atoms with Crippen molar-refractivity contribution in [1.29, 1.82) is 0 Å². The molecule has 1 aromatic carbocycles. The lowest BCUT2D eigenvalue weighted by molar-refractivity contribution is -0.111. The van der Waals surface area contributed by atoms with Crippen LogP contribution in [0.4, 0.5) is 5.00 Å². The molecule has 0 spiro atoms. The maximum atomic E-state index is 12.3. The van der Waals surface area contributed by atoms with E-state index >= 15 is 0 Å². The van der Waals surface area contributed by atoms with Crippen LogP contribution in [0.2, 0.25) is 0 Å². The van der Waals surface area contributed by atoms with E-state index < -0.39 is 5.97 Å². The summed E-state index contributed by atoms with van der Waals surface area (Å²) in [5.41, 5.74) is 3.39. The van der Waals surface area contributed by atoms with Gasteiger partial charge in [0.05, 0.1) is 19.3 Å². The summed E-state index contributed by atoms with van der Waals surface area (Å²) in [7, 11) is 1.63. The molecule has 0 fully saturated rings. The van der Waals surface area contributed by atoms with Crippen molar-refractivity contribution in [3.63, 3.8) is 0 Å². The molecule has 0 atom stereocenters. The summed E-state index contributed by atoms with van der Waals surface area (Å²) in [5.74, 6) is 0.0553. The molecule has 1 amide bonds. The number of ether oxygens (including phenoxy) is 2. The summed E-state index contributed by atoms with van der Waals surface area (Å²) >= 11 is 1.35. The van der Waals surface area contributed by atoms with E-state index in [1.807, 2.05) is 32.9 Å². The van der Waals surface area contributed by atoms with Crippen LogP contribution in [0.25, 0.3) is 6.08 Å². The minimum absolute atomic E-state index is 0.289. The Morgan fingerprint density at radius 1 is 1.15 bits per heavy atom. The van der Waals surface area contributed by atoms with Crippen LogP contribution in [-0.2, 0) is 9.53 Å². The highest BCUT2D eigenvalue weighted by molar-refractivity contribution is 7.16. The van der Waals surface area contributed by atoms with E-state index in [1.165, 1.54) is 17.4 Å². The van der Waals surface area contributed by atoms with Gasteiger partial charge in [-0.15, -0.1) is 11.3 Å². The van der Waals surface area contributed by atoms with Gasteiger partial charge in [0.15, 0.2) is 0 Å². The molecular formula is C20H23NO4S. The Balaban J connectivity index is 2.17. The van der Waals surface area contributed by atoms with Crippen molar-refractivity contribution in [3.05, 3.63) is 51.4 Å². The van der Waals surface area contributed by atoms with E-state index in [9.17, 15) is 9.59 Å². The number of aryl methyl sites for hydroxylation is 3. The Morgan fingerprint density at radius 3 is 2.38 bits per heavy atom. The Bertz CT molecular complexity index is 828. The SMILES string of the molecule is CCOC(=O)c1cc(C)sc1NC(=O)/C=C/c1c(C)cc(OC)cc1C. The maximum Gasteiger partial charge on any atom is 0.341 e. The molecule has 1 N–H and O–H groups in total. The largest absolute Gasteiger partial charge is 0.497 e. The molecule has 138 valence electrons. The standard InChI is InChI=1S/C20H23NO4S/c1-6-25-20(23)17-11-14(4)26-19(17)21-18(22)8-7-16-12(2)9-15(24-5)10-13(16)3/h7-11H,6H2,1-5H3,(H,21,22)/b8-7+. The van der Waals surface area contributed by atoms with Gasteiger partial charge in [0, 0.05) is 11.0 Å². The van der Waals surface area contributed by atoms with Crippen molar-refractivity contribution in [3.8, 4) is 5.75 Å². The monoisotopic (exact) mass is 373 g/mol. The van der Waals surface area contributed by atoms with Crippen LogP contribution in [0, 0.1) is 20.8 Å². The molecule has 0 aliphatic carbocycles. The van der Waals surface area contributed by atoms with Gasteiger partial charge in [-0.3, -0.25) is 4.79 Å². The zero-order valence-electron chi connectivity index (χ0n) is 15.6. The van der Waals surface area contributed by atoms with Crippen LogP contribution >= 0.6 is 11.3 Å². The quantitative estimate of drug-likeness (QED) is 0.598. The third-order valence-corrected chi connectivity index (χ3v) is 4.76. The number of benzene rings is 1. The van der Waals surface area contributed by atoms with Gasteiger partial charge >= 0.3 is 5.97 Å². The Kier molecular flexibility index (Phi) is 6.58. The molecule has 0 bridgehead atoms.